The predicted molar refractivity (Wildman–Crippen MR) is 96.9 cm³/mol. The van der Waals surface area contributed by atoms with E-state index in [9.17, 15) is 4.79 Å². The maximum absolute atomic E-state index is 12.1. The molecule has 0 unspecified atom stereocenters. The van der Waals surface area contributed by atoms with Gasteiger partial charge in [0.2, 0.25) is 0 Å². The lowest BCUT2D eigenvalue weighted by atomic mass is 9.95. The Balaban J connectivity index is 2.72. The third kappa shape index (κ3) is 8.26. The van der Waals surface area contributed by atoms with E-state index in [1.165, 1.54) is 0 Å². The second-order valence-electron chi connectivity index (χ2n) is 7.55. The fraction of sp³-hybridized carbons (Fsp3) is 0.611. The van der Waals surface area contributed by atoms with Crippen molar-refractivity contribution >= 4 is 22.0 Å². The van der Waals surface area contributed by atoms with Gasteiger partial charge in [-0.15, -0.1) is 0 Å². The van der Waals surface area contributed by atoms with Gasteiger partial charge >= 0.3 is 6.09 Å². The van der Waals surface area contributed by atoms with Crippen molar-refractivity contribution in [3.8, 4) is 5.75 Å². The summed E-state index contributed by atoms with van der Waals surface area (Å²) >= 11 is 3.40. The lowest BCUT2D eigenvalue weighted by Crippen LogP contribution is -2.47. The van der Waals surface area contributed by atoms with Crippen molar-refractivity contribution in [1.82, 2.24) is 5.32 Å². The van der Waals surface area contributed by atoms with Crippen molar-refractivity contribution in [1.29, 1.82) is 0 Å². The normalized spacial score (nSPS) is 14.3. The molecule has 130 valence electrons. The van der Waals surface area contributed by atoms with Crippen LogP contribution in [-0.2, 0) is 4.74 Å². The first-order chi connectivity index (χ1) is 10.5. The van der Waals surface area contributed by atoms with Crippen molar-refractivity contribution in [2.45, 2.75) is 59.1 Å². The summed E-state index contributed by atoms with van der Waals surface area (Å²) in [6.07, 6.45) is 0.307. The van der Waals surface area contributed by atoms with Crippen LogP contribution in [0.1, 0.15) is 48.0 Å². The van der Waals surface area contributed by atoms with Gasteiger partial charge in [0.1, 0.15) is 18.0 Å². The lowest BCUT2D eigenvalue weighted by molar-refractivity contribution is -0.0250. The van der Waals surface area contributed by atoms with Crippen LogP contribution in [0.2, 0.25) is 0 Å². The average Bonchev–Trinajstić information content (AvgIpc) is 2.34. The molecule has 0 aliphatic heterocycles. The molecule has 23 heavy (non-hydrogen) atoms. The second kappa shape index (κ2) is 8.04. The molecular weight excluding hydrogens is 358 g/mol. The van der Waals surface area contributed by atoms with Gasteiger partial charge in [0, 0.05) is 10.0 Å². The number of amides is 1. The predicted octanol–water partition coefficient (Wildman–Crippen LogP) is 5.16. The highest BCUT2D eigenvalue weighted by Gasteiger charge is 2.32. The molecule has 0 aromatic heterocycles. The highest BCUT2D eigenvalue weighted by molar-refractivity contribution is 9.10. The van der Waals surface area contributed by atoms with Gasteiger partial charge in [-0.1, -0.05) is 29.8 Å². The van der Waals surface area contributed by atoms with Crippen molar-refractivity contribution in [2.75, 3.05) is 6.61 Å². The van der Waals surface area contributed by atoms with Crippen LogP contribution in [0, 0.1) is 5.92 Å². The number of alkyl carbamates (subject to hydrolysis) is 1. The SMILES string of the molecule is CC(C)C[C@@](C)(COc1ccc(Br)cc1)OC(=O)NC(C)(C)C. The molecule has 5 heteroatoms. The summed E-state index contributed by atoms with van der Waals surface area (Å²) in [4.78, 5) is 12.1. The molecule has 1 aromatic carbocycles. The first kappa shape index (κ1) is 19.8. The minimum atomic E-state index is -0.684. The Bertz CT molecular complexity index is 508. The zero-order valence-corrected chi connectivity index (χ0v) is 16.5. The van der Waals surface area contributed by atoms with Gasteiger partial charge in [0.05, 0.1) is 0 Å². The molecule has 0 aliphatic carbocycles. The largest absolute Gasteiger partial charge is 0.489 e. The van der Waals surface area contributed by atoms with Crippen molar-refractivity contribution in [2.24, 2.45) is 5.92 Å². The molecule has 1 amide bonds. The molecule has 0 radical (unpaired) electrons. The number of hydrogen-bond donors (Lipinski definition) is 1. The fourth-order valence-corrected chi connectivity index (χ4v) is 2.58. The van der Waals surface area contributed by atoms with Gasteiger partial charge in [0.15, 0.2) is 0 Å². The summed E-state index contributed by atoms with van der Waals surface area (Å²) in [6.45, 7) is 12.2. The number of carbonyl (C=O) groups is 1. The summed E-state index contributed by atoms with van der Waals surface area (Å²) in [5, 5.41) is 2.83. The first-order valence-electron chi connectivity index (χ1n) is 7.89. The Labute approximate surface area is 148 Å². The maximum Gasteiger partial charge on any atom is 0.408 e. The van der Waals surface area contributed by atoms with Crippen LogP contribution in [0.3, 0.4) is 0 Å². The number of rotatable bonds is 6. The second-order valence-corrected chi connectivity index (χ2v) is 8.47. The van der Waals surface area contributed by atoms with Crippen LogP contribution in [0.15, 0.2) is 28.7 Å². The number of ether oxygens (including phenoxy) is 2. The molecule has 0 aliphatic rings. The standard InChI is InChI=1S/C18H28BrNO3/c1-13(2)11-18(6,23-16(21)20-17(3,4)5)12-22-15-9-7-14(19)8-10-15/h7-10,13H,11-12H2,1-6H3,(H,20,21)/t18-/m0/s1. The van der Waals surface area contributed by atoms with E-state index in [2.05, 4.69) is 35.1 Å². The smallest absolute Gasteiger partial charge is 0.408 e. The number of halogens is 1. The highest BCUT2D eigenvalue weighted by Crippen LogP contribution is 2.24. The van der Waals surface area contributed by atoms with Gasteiger partial charge in [-0.05, 0) is 64.3 Å². The van der Waals surface area contributed by atoms with Crippen molar-refractivity contribution < 1.29 is 14.3 Å². The van der Waals surface area contributed by atoms with E-state index in [0.29, 0.717) is 12.5 Å². The van der Waals surface area contributed by atoms with E-state index in [0.717, 1.165) is 16.6 Å². The van der Waals surface area contributed by atoms with Gasteiger partial charge in [-0.3, -0.25) is 0 Å². The zero-order valence-electron chi connectivity index (χ0n) is 14.9. The van der Waals surface area contributed by atoms with E-state index < -0.39 is 11.7 Å². The van der Waals surface area contributed by atoms with Gasteiger partial charge in [0.25, 0.3) is 0 Å². The molecule has 1 N–H and O–H groups in total. The Kier molecular flexibility index (Phi) is 6.93. The summed E-state index contributed by atoms with van der Waals surface area (Å²) in [7, 11) is 0. The number of carbonyl (C=O) groups excluding carboxylic acids is 1. The molecule has 0 fully saturated rings. The fourth-order valence-electron chi connectivity index (χ4n) is 2.32. The number of hydrogen-bond acceptors (Lipinski definition) is 3. The van der Waals surface area contributed by atoms with Crippen LogP contribution in [0.4, 0.5) is 4.79 Å². The van der Waals surface area contributed by atoms with E-state index in [4.69, 9.17) is 9.47 Å². The molecular formula is C18H28BrNO3. The van der Waals surface area contributed by atoms with Crippen LogP contribution < -0.4 is 10.1 Å². The minimum Gasteiger partial charge on any atom is -0.489 e. The highest BCUT2D eigenvalue weighted by atomic mass is 79.9. The molecule has 0 bridgehead atoms. The molecule has 4 nitrogen and oxygen atoms in total. The lowest BCUT2D eigenvalue weighted by Gasteiger charge is -2.32. The maximum atomic E-state index is 12.1. The Morgan fingerprint density at radius 1 is 1.17 bits per heavy atom. The third-order valence-electron chi connectivity index (χ3n) is 3.01. The van der Waals surface area contributed by atoms with Crippen molar-refractivity contribution in [3.05, 3.63) is 28.7 Å². The monoisotopic (exact) mass is 385 g/mol. The average molecular weight is 386 g/mol. The zero-order chi connectivity index (χ0) is 17.7. The van der Waals surface area contributed by atoms with Crippen LogP contribution in [0.5, 0.6) is 5.75 Å². The van der Waals surface area contributed by atoms with E-state index in [1.54, 1.807) is 0 Å². The van der Waals surface area contributed by atoms with Gasteiger partial charge in [-0.2, -0.15) is 0 Å². The van der Waals surface area contributed by atoms with Crippen LogP contribution in [-0.4, -0.2) is 23.8 Å². The summed E-state index contributed by atoms with van der Waals surface area (Å²) in [5.74, 6) is 1.14. The Hall–Kier alpha value is -1.23. The molecule has 1 rings (SSSR count). The summed E-state index contributed by atoms with van der Waals surface area (Å²) in [6, 6.07) is 7.61. The Morgan fingerprint density at radius 3 is 2.22 bits per heavy atom. The van der Waals surface area contributed by atoms with Crippen LogP contribution in [0.25, 0.3) is 0 Å². The molecule has 0 heterocycles. The number of benzene rings is 1. The Morgan fingerprint density at radius 2 is 1.74 bits per heavy atom. The van der Waals surface area contributed by atoms with Crippen LogP contribution >= 0.6 is 15.9 Å². The van der Waals surface area contributed by atoms with E-state index >= 15 is 0 Å². The molecule has 1 atom stereocenters. The van der Waals surface area contributed by atoms with Gasteiger partial charge in [-0.25, -0.2) is 4.79 Å². The first-order valence-corrected chi connectivity index (χ1v) is 8.68. The molecule has 0 spiro atoms. The quantitative estimate of drug-likeness (QED) is 0.735. The van der Waals surface area contributed by atoms with E-state index in [1.807, 2.05) is 52.0 Å². The summed E-state index contributed by atoms with van der Waals surface area (Å²) in [5.41, 5.74) is -1.01. The van der Waals surface area contributed by atoms with Crippen molar-refractivity contribution in [3.63, 3.8) is 0 Å². The van der Waals surface area contributed by atoms with E-state index in [-0.39, 0.29) is 5.54 Å². The third-order valence-corrected chi connectivity index (χ3v) is 3.54. The topological polar surface area (TPSA) is 47.6 Å². The minimum absolute atomic E-state index is 0.310. The molecule has 0 saturated carbocycles. The van der Waals surface area contributed by atoms with Gasteiger partial charge < -0.3 is 14.8 Å². The molecule has 0 saturated heterocycles. The molecule has 1 aromatic rings. The number of nitrogens with one attached hydrogen (secondary N) is 1. The summed E-state index contributed by atoms with van der Waals surface area (Å²) < 4.78 is 12.5.